The number of carbonyl (C=O) groups excluding carboxylic acids is 3. The molecule has 2 aliphatic rings. The number of halogens is 3. The summed E-state index contributed by atoms with van der Waals surface area (Å²) >= 11 is 0. The fourth-order valence-electron chi connectivity index (χ4n) is 4.49. The Labute approximate surface area is 221 Å². The number of likely N-dealkylation sites (tertiary alicyclic amines) is 1. The molecule has 11 nitrogen and oxygen atoms in total. The summed E-state index contributed by atoms with van der Waals surface area (Å²) in [6, 6.07) is 5.47. The normalized spacial score (nSPS) is 19.7. The molecule has 0 spiro atoms. The quantitative estimate of drug-likeness (QED) is 0.270. The van der Waals surface area contributed by atoms with Gasteiger partial charge >= 0.3 is 6.36 Å². The smallest absolute Gasteiger partial charge is 0.486 e. The van der Waals surface area contributed by atoms with Crippen molar-refractivity contribution in [3.63, 3.8) is 0 Å². The number of fused-ring (bicyclic) bond motifs is 1. The van der Waals surface area contributed by atoms with Gasteiger partial charge in [0.05, 0.1) is 13.2 Å². The molecule has 0 bridgehead atoms. The third kappa shape index (κ3) is 7.28. The number of hydrogen-bond donors (Lipinski definition) is 3. The summed E-state index contributed by atoms with van der Waals surface area (Å²) in [5.74, 6) is -0.421. The lowest BCUT2D eigenvalue weighted by Crippen LogP contribution is -2.50. The molecule has 3 N–H and O–H groups in total. The van der Waals surface area contributed by atoms with Crippen LogP contribution in [0.2, 0.25) is 0 Å². The molecule has 1 aromatic heterocycles. The number of anilines is 1. The molecule has 0 radical (unpaired) electrons. The van der Waals surface area contributed by atoms with Crippen molar-refractivity contribution in [2.45, 2.75) is 44.8 Å². The molecule has 1 saturated heterocycles. The van der Waals surface area contributed by atoms with E-state index >= 15 is 0 Å². The summed E-state index contributed by atoms with van der Waals surface area (Å²) in [7, 11) is 0. The van der Waals surface area contributed by atoms with Gasteiger partial charge in [-0.15, -0.1) is 13.2 Å². The monoisotopic (exact) mass is 548 g/mol. The van der Waals surface area contributed by atoms with Gasteiger partial charge in [0.2, 0.25) is 11.8 Å². The Morgan fingerprint density at radius 2 is 1.92 bits per heavy atom. The van der Waals surface area contributed by atoms with Gasteiger partial charge in [-0.3, -0.25) is 24.5 Å². The molecule has 3 atom stereocenters. The number of aromatic nitrogens is 2. The Morgan fingerprint density at radius 1 is 1.18 bits per heavy atom. The number of alkyl halides is 3. The van der Waals surface area contributed by atoms with E-state index in [4.69, 9.17) is 10.1 Å². The number of hydrogen-bond acceptors (Lipinski definition) is 9. The van der Waals surface area contributed by atoms with Crippen LogP contribution < -0.4 is 15.4 Å². The number of amides is 2. The van der Waals surface area contributed by atoms with Crippen molar-refractivity contribution in [3.8, 4) is 5.75 Å². The van der Waals surface area contributed by atoms with Crippen LogP contribution >= 0.6 is 0 Å². The lowest BCUT2D eigenvalue weighted by Gasteiger charge is -2.27. The average molecular weight is 549 g/mol. The maximum absolute atomic E-state index is 13.1. The van der Waals surface area contributed by atoms with Crippen molar-refractivity contribution < 1.29 is 37.0 Å². The standard InChI is InChI=1S/C25H27F3N6O5/c1-14(35)23(29)17-11-16(38-13-21-30-5-2-6-31-21)3-4-18(17)33-12-22(36)34-19-9-15(19)10-20(34)24(37)32-7-8-39-25(26,27)28/h2-6,11,15,19-20,29,33H,7-10,12-13H2,1H3,(H,32,37)/t15-,19-,20+/m1/s1. The number of nitrogens with one attached hydrogen (secondary N) is 3. The van der Waals surface area contributed by atoms with E-state index in [1.807, 2.05) is 0 Å². The molecular weight excluding hydrogens is 521 g/mol. The molecule has 2 heterocycles. The highest BCUT2D eigenvalue weighted by Crippen LogP contribution is 2.47. The third-order valence-electron chi connectivity index (χ3n) is 6.39. The minimum absolute atomic E-state index is 0.0717. The van der Waals surface area contributed by atoms with Crippen LogP contribution in [0.4, 0.5) is 18.9 Å². The highest BCUT2D eigenvalue weighted by molar-refractivity contribution is 6.45. The van der Waals surface area contributed by atoms with E-state index in [0.717, 1.165) is 6.42 Å². The van der Waals surface area contributed by atoms with Crippen LogP contribution in [0.15, 0.2) is 36.7 Å². The zero-order valence-corrected chi connectivity index (χ0v) is 21.0. The van der Waals surface area contributed by atoms with Gasteiger partial charge in [-0.05, 0) is 43.0 Å². The van der Waals surface area contributed by atoms with Crippen molar-refractivity contribution in [2.75, 3.05) is 25.0 Å². The van der Waals surface area contributed by atoms with Crippen LogP contribution in [0.5, 0.6) is 5.75 Å². The van der Waals surface area contributed by atoms with Gasteiger partial charge in [0.25, 0.3) is 0 Å². The van der Waals surface area contributed by atoms with E-state index in [0.29, 0.717) is 23.7 Å². The van der Waals surface area contributed by atoms with Crippen LogP contribution in [-0.4, -0.2) is 76.3 Å². The second-order valence-electron chi connectivity index (χ2n) is 9.15. The van der Waals surface area contributed by atoms with Crippen molar-refractivity contribution in [1.29, 1.82) is 5.41 Å². The van der Waals surface area contributed by atoms with Crippen molar-refractivity contribution in [1.82, 2.24) is 20.2 Å². The Bertz CT molecular complexity index is 1240. The second-order valence-corrected chi connectivity index (χ2v) is 9.15. The molecule has 2 aromatic rings. The SMILES string of the molecule is CC(=O)C(=N)c1cc(OCc2ncccn2)ccc1NCC(=O)N1[C@@H]2C[C@@H]2C[C@H]1C(=O)NCCOC(F)(F)F. The van der Waals surface area contributed by atoms with Crippen molar-refractivity contribution >= 4 is 29.0 Å². The molecular formula is C25H27F3N6O5. The second kappa shape index (κ2) is 11.8. The first-order valence-electron chi connectivity index (χ1n) is 12.2. The molecule has 1 aromatic carbocycles. The minimum atomic E-state index is -4.79. The van der Waals surface area contributed by atoms with Gasteiger partial charge in [-0.25, -0.2) is 9.97 Å². The van der Waals surface area contributed by atoms with Gasteiger partial charge in [-0.1, -0.05) is 0 Å². The summed E-state index contributed by atoms with van der Waals surface area (Å²) in [6.07, 6.45) is -0.448. The van der Waals surface area contributed by atoms with Gasteiger partial charge in [0, 0.05) is 43.2 Å². The number of carbonyl (C=O) groups is 3. The van der Waals surface area contributed by atoms with E-state index in [9.17, 15) is 27.6 Å². The van der Waals surface area contributed by atoms with Gasteiger partial charge in [0.1, 0.15) is 24.1 Å². The summed E-state index contributed by atoms with van der Waals surface area (Å²) in [5, 5.41) is 13.6. The maximum Gasteiger partial charge on any atom is 0.522 e. The van der Waals surface area contributed by atoms with Crippen LogP contribution in [0.25, 0.3) is 0 Å². The Kier molecular flexibility index (Phi) is 8.43. The molecule has 1 saturated carbocycles. The van der Waals surface area contributed by atoms with E-state index in [1.54, 1.807) is 30.6 Å². The first kappa shape index (κ1) is 28.0. The number of nitrogens with zero attached hydrogens (tertiary/aromatic N) is 3. The van der Waals surface area contributed by atoms with Crippen LogP contribution in [-0.2, 0) is 25.7 Å². The van der Waals surface area contributed by atoms with Gasteiger partial charge in [0.15, 0.2) is 11.6 Å². The number of ketones is 1. The number of Topliss-reactive ketones (excluding diaryl/α,β-unsaturated/α-hetero) is 1. The van der Waals surface area contributed by atoms with Crippen LogP contribution in [0.1, 0.15) is 31.2 Å². The molecule has 1 aliphatic heterocycles. The van der Waals surface area contributed by atoms with E-state index in [2.05, 4.69) is 25.3 Å². The lowest BCUT2D eigenvalue weighted by atomic mass is 10.0. The van der Waals surface area contributed by atoms with Crippen molar-refractivity contribution in [2.24, 2.45) is 5.92 Å². The molecule has 4 rings (SSSR count). The van der Waals surface area contributed by atoms with E-state index < -0.39 is 30.7 Å². The van der Waals surface area contributed by atoms with Crippen molar-refractivity contribution in [3.05, 3.63) is 48.0 Å². The maximum atomic E-state index is 13.1. The number of benzene rings is 1. The van der Waals surface area contributed by atoms with Crippen LogP contribution in [0, 0.1) is 11.3 Å². The van der Waals surface area contributed by atoms with E-state index in [-0.39, 0.29) is 48.8 Å². The molecule has 1 aliphatic carbocycles. The summed E-state index contributed by atoms with van der Waals surface area (Å²) < 4.78 is 45.8. The molecule has 2 amide bonds. The zero-order valence-electron chi connectivity index (χ0n) is 21.0. The molecule has 0 unspecified atom stereocenters. The molecule has 39 heavy (non-hydrogen) atoms. The zero-order chi connectivity index (χ0) is 28.2. The Morgan fingerprint density at radius 3 is 2.62 bits per heavy atom. The molecule has 208 valence electrons. The first-order chi connectivity index (χ1) is 18.5. The van der Waals surface area contributed by atoms with E-state index in [1.165, 1.54) is 17.9 Å². The molecule has 2 fully saturated rings. The van der Waals surface area contributed by atoms with Crippen LogP contribution in [0.3, 0.4) is 0 Å². The lowest BCUT2D eigenvalue weighted by molar-refractivity contribution is -0.323. The topological polar surface area (TPSA) is 147 Å². The van der Waals surface area contributed by atoms with Gasteiger partial charge < -0.3 is 20.3 Å². The summed E-state index contributed by atoms with van der Waals surface area (Å²) in [5.41, 5.74) is 0.295. The Balaban J connectivity index is 1.38. The first-order valence-corrected chi connectivity index (χ1v) is 12.2. The molecule has 14 heteroatoms. The minimum Gasteiger partial charge on any atom is -0.486 e. The number of rotatable bonds is 12. The fourth-order valence-corrected chi connectivity index (χ4v) is 4.49. The van der Waals surface area contributed by atoms with Gasteiger partial charge in [-0.2, -0.15) is 0 Å². The predicted molar refractivity (Wildman–Crippen MR) is 131 cm³/mol. The largest absolute Gasteiger partial charge is 0.522 e. The highest BCUT2D eigenvalue weighted by atomic mass is 19.4. The number of ether oxygens (including phenoxy) is 2. The third-order valence-corrected chi connectivity index (χ3v) is 6.39. The summed E-state index contributed by atoms with van der Waals surface area (Å²) in [6.45, 7) is 0.0325. The average Bonchev–Trinajstić information content (AvgIpc) is 3.57. The highest BCUT2D eigenvalue weighted by Gasteiger charge is 2.55. The Hall–Kier alpha value is -4.07. The predicted octanol–water partition coefficient (Wildman–Crippen LogP) is 2.07. The fraction of sp³-hybridized carbons (Fsp3) is 0.440. The number of piperidine rings is 1. The summed E-state index contributed by atoms with van der Waals surface area (Å²) in [4.78, 5) is 47.3.